The first-order valence-corrected chi connectivity index (χ1v) is 5.23. The number of alkyl halides is 3. The van der Waals surface area contributed by atoms with Gasteiger partial charge in [0.2, 0.25) is 0 Å². The van der Waals surface area contributed by atoms with Crippen LogP contribution in [0.25, 0.3) is 0 Å². The van der Waals surface area contributed by atoms with E-state index >= 15 is 0 Å². The molecule has 0 amide bonds. The lowest BCUT2D eigenvalue weighted by atomic mass is 10.1. The first-order valence-electron chi connectivity index (χ1n) is 5.23. The van der Waals surface area contributed by atoms with E-state index in [1.54, 1.807) is 31.4 Å². The molecule has 1 N–H and O–H groups in total. The van der Waals surface area contributed by atoms with Crippen molar-refractivity contribution in [3.8, 4) is 5.75 Å². The highest BCUT2D eigenvalue weighted by atomic mass is 19.4. The van der Waals surface area contributed by atoms with E-state index < -0.39 is 11.9 Å². The van der Waals surface area contributed by atoms with Gasteiger partial charge in [-0.1, -0.05) is 12.1 Å². The molecular weight excluding hydrogens is 245 g/mol. The Labute approximate surface area is 102 Å². The third-order valence-corrected chi connectivity index (χ3v) is 2.45. The molecule has 0 saturated carbocycles. The average Bonchev–Trinajstić information content (AvgIpc) is 2.78. The number of H-pyrrole nitrogens is 1. The van der Waals surface area contributed by atoms with Gasteiger partial charge in [0.05, 0.1) is 7.11 Å². The standard InChI is InChI=1S/C12H11F3N2O/c1-18-9-4-2-8(3-5-9)6-11-16-7-10(17-11)12(13,14)15/h2-5,7H,6H2,1H3,(H,16,17). The zero-order valence-electron chi connectivity index (χ0n) is 9.58. The van der Waals surface area contributed by atoms with Gasteiger partial charge in [-0.15, -0.1) is 0 Å². The number of hydrogen-bond donors (Lipinski definition) is 1. The van der Waals surface area contributed by atoms with Gasteiger partial charge in [0, 0.05) is 12.6 Å². The lowest BCUT2D eigenvalue weighted by Crippen LogP contribution is -2.05. The quantitative estimate of drug-likeness (QED) is 0.916. The molecule has 1 aromatic heterocycles. The Morgan fingerprint density at radius 3 is 2.39 bits per heavy atom. The summed E-state index contributed by atoms with van der Waals surface area (Å²) in [6.45, 7) is 0. The molecule has 0 fully saturated rings. The topological polar surface area (TPSA) is 37.9 Å². The van der Waals surface area contributed by atoms with Crippen molar-refractivity contribution in [1.82, 2.24) is 9.97 Å². The molecular formula is C12H11F3N2O. The van der Waals surface area contributed by atoms with Crippen LogP contribution >= 0.6 is 0 Å². The first kappa shape index (κ1) is 12.5. The zero-order chi connectivity index (χ0) is 13.2. The molecule has 1 aromatic carbocycles. The van der Waals surface area contributed by atoms with E-state index in [0.29, 0.717) is 12.2 Å². The molecule has 0 unspecified atom stereocenters. The molecule has 0 aliphatic heterocycles. The normalized spacial score (nSPS) is 11.6. The zero-order valence-corrected chi connectivity index (χ0v) is 9.58. The number of rotatable bonds is 3. The second kappa shape index (κ2) is 4.72. The van der Waals surface area contributed by atoms with Gasteiger partial charge in [-0.25, -0.2) is 4.98 Å². The van der Waals surface area contributed by atoms with Gasteiger partial charge >= 0.3 is 6.18 Å². The van der Waals surface area contributed by atoms with E-state index in [1.807, 2.05) is 0 Å². The van der Waals surface area contributed by atoms with Crippen molar-refractivity contribution < 1.29 is 17.9 Å². The molecule has 0 saturated heterocycles. The number of nitrogens with zero attached hydrogens (tertiary/aromatic N) is 1. The number of imidazole rings is 1. The smallest absolute Gasteiger partial charge is 0.434 e. The molecule has 3 nitrogen and oxygen atoms in total. The summed E-state index contributed by atoms with van der Waals surface area (Å²) in [5.74, 6) is 0.988. The maximum atomic E-state index is 12.3. The van der Waals surface area contributed by atoms with Crippen LogP contribution in [0.2, 0.25) is 0 Å². The Bertz CT molecular complexity index is 517. The van der Waals surface area contributed by atoms with Crippen LogP contribution in [0.5, 0.6) is 5.75 Å². The lowest BCUT2D eigenvalue weighted by molar-refractivity contribution is -0.140. The number of hydrogen-bond acceptors (Lipinski definition) is 2. The van der Waals surface area contributed by atoms with Crippen LogP contribution in [0.4, 0.5) is 13.2 Å². The number of benzene rings is 1. The lowest BCUT2D eigenvalue weighted by Gasteiger charge is -2.02. The molecule has 0 radical (unpaired) electrons. The molecule has 2 rings (SSSR count). The Morgan fingerprint density at radius 2 is 1.89 bits per heavy atom. The fourth-order valence-corrected chi connectivity index (χ4v) is 1.53. The monoisotopic (exact) mass is 256 g/mol. The molecule has 2 aromatic rings. The molecule has 0 spiro atoms. The van der Waals surface area contributed by atoms with Crippen LogP contribution in [0.1, 0.15) is 17.1 Å². The van der Waals surface area contributed by atoms with Crippen molar-refractivity contribution in [2.75, 3.05) is 7.11 Å². The van der Waals surface area contributed by atoms with Crippen LogP contribution in [-0.4, -0.2) is 17.1 Å². The van der Waals surface area contributed by atoms with E-state index in [9.17, 15) is 13.2 Å². The first-order chi connectivity index (χ1) is 8.49. The van der Waals surface area contributed by atoms with Crippen LogP contribution in [0, 0.1) is 0 Å². The highest BCUT2D eigenvalue weighted by Crippen LogP contribution is 2.27. The molecule has 0 aliphatic rings. The predicted octanol–water partition coefficient (Wildman–Crippen LogP) is 3.03. The van der Waals surface area contributed by atoms with Crippen molar-refractivity contribution in [3.63, 3.8) is 0 Å². The average molecular weight is 256 g/mol. The summed E-state index contributed by atoms with van der Waals surface area (Å²) in [4.78, 5) is 6.03. The maximum Gasteiger partial charge on any atom is 0.434 e. The Hall–Kier alpha value is -1.98. The minimum Gasteiger partial charge on any atom is -0.497 e. The Morgan fingerprint density at radius 1 is 1.22 bits per heavy atom. The predicted molar refractivity (Wildman–Crippen MR) is 59.4 cm³/mol. The van der Waals surface area contributed by atoms with E-state index in [2.05, 4.69) is 9.97 Å². The van der Waals surface area contributed by atoms with E-state index in [4.69, 9.17) is 4.74 Å². The van der Waals surface area contributed by atoms with E-state index in [1.165, 1.54) is 0 Å². The van der Waals surface area contributed by atoms with Gasteiger partial charge in [-0.05, 0) is 17.7 Å². The summed E-state index contributed by atoms with van der Waals surface area (Å²) in [5, 5.41) is 0. The minimum absolute atomic E-state index is 0.285. The fraction of sp³-hybridized carbons (Fsp3) is 0.250. The van der Waals surface area contributed by atoms with Crippen LogP contribution in [0.15, 0.2) is 30.5 Å². The van der Waals surface area contributed by atoms with Crippen LogP contribution in [-0.2, 0) is 12.6 Å². The van der Waals surface area contributed by atoms with Crippen molar-refractivity contribution in [3.05, 3.63) is 47.5 Å². The van der Waals surface area contributed by atoms with Crippen molar-refractivity contribution >= 4 is 0 Å². The number of halogens is 3. The van der Waals surface area contributed by atoms with Gasteiger partial charge in [0.15, 0.2) is 5.69 Å². The largest absolute Gasteiger partial charge is 0.497 e. The number of aromatic nitrogens is 2. The highest BCUT2D eigenvalue weighted by Gasteiger charge is 2.33. The van der Waals surface area contributed by atoms with Crippen molar-refractivity contribution in [1.29, 1.82) is 0 Å². The number of methoxy groups -OCH3 is 1. The van der Waals surface area contributed by atoms with Gasteiger partial charge in [-0.3, -0.25) is 0 Å². The van der Waals surface area contributed by atoms with Crippen molar-refractivity contribution in [2.45, 2.75) is 12.6 Å². The third-order valence-electron chi connectivity index (χ3n) is 2.45. The van der Waals surface area contributed by atoms with Crippen LogP contribution < -0.4 is 4.74 Å². The summed E-state index contributed by atoms with van der Waals surface area (Å²) in [7, 11) is 1.55. The van der Waals surface area contributed by atoms with Gasteiger partial charge < -0.3 is 9.72 Å². The van der Waals surface area contributed by atoms with E-state index in [-0.39, 0.29) is 5.82 Å². The number of ether oxygens (including phenoxy) is 1. The van der Waals surface area contributed by atoms with Gasteiger partial charge in [0.1, 0.15) is 11.6 Å². The summed E-state index contributed by atoms with van der Waals surface area (Å²) in [5.41, 5.74) is -0.0371. The molecule has 6 heteroatoms. The SMILES string of the molecule is COc1ccc(Cc2nc(C(F)(F)F)c[nH]2)cc1. The summed E-state index contributed by atoms with van der Waals surface area (Å²) >= 11 is 0. The molecule has 1 heterocycles. The van der Waals surface area contributed by atoms with Crippen molar-refractivity contribution in [2.24, 2.45) is 0 Å². The number of nitrogens with one attached hydrogen (secondary N) is 1. The molecule has 96 valence electrons. The molecule has 0 bridgehead atoms. The second-order valence-corrected chi connectivity index (χ2v) is 3.76. The maximum absolute atomic E-state index is 12.3. The second-order valence-electron chi connectivity index (χ2n) is 3.76. The molecule has 18 heavy (non-hydrogen) atoms. The Kier molecular flexibility index (Phi) is 3.27. The number of aromatic amines is 1. The highest BCUT2D eigenvalue weighted by molar-refractivity contribution is 5.29. The molecule has 0 atom stereocenters. The Balaban J connectivity index is 2.11. The summed E-state index contributed by atoms with van der Waals surface area (Å²) in [6, 6.07) is 7.08. The summed E-state index contributed by atoms with van der Waals surface area (Å²) in [6.07, 6.45) is -3.21. The van der Waals surface area contributed by atoms with Crippen LogP contribution in [0.3, 0.4) is 0 Å². The summed E-state index contributed by atoms with van der Waals surface area (Å²) < 4.78 is 42.0. The van der Waals surface area contributed by atoms with Gasteiger partial charge in [0.25, 0.3) is 0 Å². The fourth-order valence-electron chi connectivity index (χ4n) is 1.53. The minimum atomic E-state index is -4.41. The van der Waals surface area contributed by atoms with Gasteiger partial charge in [-0.2, -0.15) is 13.2 Å². The van der Waals surface area contributed by atoms with E-state index in [0.717, 1.165) is 11.8 Å². The third kappa shape index (κ3) is 2.82. The molecule has 0 aliphatic carbocycles.